The van der Waals surface area contributed by atoms with Crippen molar-refractivity contribution < 1.29 is 0 Å². The normalized spacial score (nSPS) is 18.8. The second-order valence-corrected chi connectivity index (χ2v) is 18.7. The van der Waals surface area contributed by atoms with Crippen LogP contribution in [0.3, 0.4) is 0 Å². The Morgan fingerprint density at radius 1 is 0.587 bits per heavy atom. The van der Waals surface area contributed by atoms with Crippen LogP contribution in [0.2, 0.25) is 0 Å². The molecule has 1 aromatic heterocycles. The number of hydrogen-bond acceptors (Lipinski definition) is 2. The molecule has 0 fully saturated rings. The molecule has 7 aromatic carbocycles. The summed E-state index contributed by atoms with van der Waals surface area (Å²) in [5.41, 5.74) is 22.4. The van der Waals surface area contributed by atoms with Gasteiger partial charge in [-0.2, -0.15) is 0 Å². The average molecular weight is 810 g/mol. The molecule has 0 saturated heterocycles. The van der Waals surface area contributed by atoms with Crippen LogP contribution in [0.5, 0.6) is 0 Å². The van der Waals surface area contributed by atoms with Crippen LogP contribution < -0.4 is 26.2 Å². The van der Waals surface area contributed by atoms with Crippen molar-refractivity contribution in [1.82, 2.24) is 4.57 Å². The predicted octanol–water partition coefficient (Wildman–Crippen LogP) is 12.4. The third-order valence-corrected chi connectivity index (χ3v) is 15.2. The molecule has 4 heteroatoms. The topological polar surface area (TPSA) is 11.4 Å². The van der Waals surface area contributed by atoms with E-state index < -0.39 is 0 Å². The van der Waals surface area contributed by atoms with Crippen molar-refractivity contribution >= 4 is 68.5 Å². The summed E-state index contributed by atoms with van der Waals surface area (Å²) >= 11 is 0. The minimum atomic E-state index is -0.219. The van der Waals surface area contributed by atoms with Crippen molar-refractivity contribution in [3.8, 4) is 5.69 Å². The highest BCUT2D eigenvalue weighted by Gasteiger charge is 2.45. The summed E-state index contributed by atoms with van der Waals surface area (Å²) in [5.74, 6) is 0.561. The first kappa shape index (κ1) is 36.6. The largest absolute Gasteiger partial charge is 0.333 e. The summed E-state index contributed by atoms with van der Waals surface area (Å²) in [6.07, 6.45) is 16.0. The fraction of sp³-hybridized carbons (Fsp3) is 0.153. The van der Waals surface area contributed by atoms with Crippen LogP contribution in [0.1, 0.15) is 78.1 Å². The summed E-state index contributed by atoms with van der Waals surface area (Å²) in [5, 5.41) is 1.32. The molecule has 0 bridgehead atoms. The van der Waals surface area contributed by atoms with Gasteiger partial charge in [-0.25, -0.2) is 0 Å². The summed E-state index contributed by atoms with van der Waals surface area (Å²) in [6.45, 7) is 7.30. The third-order valence-electron chi connectivity index (χ3n) is 15.2. The fourth-order valence-corrected chi connectivity index (χ4v) is 12.1. The highest BCUT2D eigenvalue weighted by molar-refractivity contribution is 6.99. The van der Waals surface area contributed by atoms with Gasteiger partial charge >= 0.3 is 0 Å². The molecule has 3 nitrogen and oxygen atoms in total. The Bertz CT molecular complexity index is 3260. The lowest BCUT2D eigenvalue weighted by Crippen LogP contribution is -2.62. The molecule has 3 aliphatic heterocycles. The van der Waals surface area contributed by atoms with Gasteiger partial charge < -0.3 is 14.4 Å². The molecule has 3 unspecified atom stereocenters. The van der Waals surface area contributed by atoms with Gasteiger partial charge in [0.2, 0.25) is 6.71 Å². The zero-order valence-corrected chi connectivity index (χ0v) is 36.0. The van der Waals surface area contributed by atoms with E-state index in [1.165, 1.54) is 100 Å². The SMILES string of the molecule is CC1c2ccccc2B2c3cc(N4c5ccccc5C5C=CC=CC54)ccc3N(c3ccc(-n4c5c(c6ccccc64)C=CCC5)cc3)c3cc(C(C)(C)c4ccccc4)cc1c32. The molecule has 13 rings (SSSR count). The zero-order chi connectivity index (χ0) is 42.0. The Balaban J connectivity index is 1.05. The van der Waals surface area contributed by atoms with Crippen molar-refractivity contribution in [2.45, 2.75) is 56.9 Å². The van der Waals surface area contributed by atoms with Crippen molar-refractivity contribution in [1.29, 1.82) is 0 Å². The molecule has 0 amide bonds. The second-order valence-electron chi connectivity index (χ2n) is 18.7. The number of anilines is 5. The fourth-order valence-electron chi connectivity index (χ4n) is 12.1. The first-order valence-electron chi connectivity index (χ1n) is 22.8. The molecule has 0 spiro atoms. The van der Waals surface area contributed by atoms with Crippen LogP contribution in [0.15, 0.2) is 188 Å². The van der Waals surface area contributed by atoms with Gasteiger partial charge in [0.15, 0.2) is 0 Å². The number of hydrogen-bond donors (Lipinski definition) is 0. The number of para-hydroxylation sites is 2. The number of aromatic nitrogens is 1. The van der Waals surface area contributed by atoms with Gasteiger partial charge in [-0.05, 0) is 112 Å². The molecule has 8 aromatic rings. The summed E-state index contributed by atoms with van der Waals surface area (Å²) in [4.78, 5) is 5.19. The molecule has 5 aliphatic rings. The summed E-state index contributed by atoms with van der Waals surface area (Å²) in [6, 6.07) is 60.4. The maximum atomic E-state index is 2.60. The molecule has 0 saturated carbocycles. The molecular formula is C59H48BN3. The maximum Gasteiger partial charge on any atom is 0.247 e. The van der Waals surface area contributed by atoms with Gasteiger partial charge in [0, 0.05) is 68.0 Å². The molecule has 2 aliphatic carbocycles. The monoisotopic (exact) mass is 809 g/mol. The Morgan fingerprint density at radius 3 is 2.19 bits per heavy atom. The van der Waals surface area contributed by atoms with E-state index in [1.807, 2.05) is 0 Å². The zero-order valence-electron chi connectivity index (χ0n) is 36.0. The first-order chi connectivity index (χ1) is 31.0. The van der Waals surface area contributed by atoms with Crippen molar-refractivity contribution in [2.75, 3.05) is 9.80 Å². The lowest BCUT2D eigenvalue weighted by Gasteiger charge is -2.44. The van der Waals surface area contributed by atoms with Crippen LogP contribution in [0.25, 0.3) is 22.7 Å². The minimum absolute atomic E-state index is 0.0861. The number of fused-ring (bicyclic) bond motifs is 10. The van der Waals surface area contributed by atoms with E-state index in [4.69, 9.17) is 0 Å². The van der Waals surface area contributed by atoms with E-state index in [9.17, 15) is 0 Å². The molecule has 4 heterocycles. The second kappa shape index (κ2) is 13.7. The Labute approximate surface area is 371 Å². The van der Waals surface area contributed by atoms with Gasteiger partial charge in [0.05, 0.1) is 11.6 Å². The van der Waals surface area contributed by atoms with Gasteiger partial charge in [-0.15, -0.1) is 0 Å². The highest BCUT2D eigenvalue weighted by Crippen LogP contribution is 2.49. The molecule has 0 radical (unpaired) electrons. The molecule has 0 N–H and O–H groups in total. The van der Waals surface area contributed by atoms with Crippen LogP contribution in [0, 0.1) is 0 Å². The van der Waals surface area contributed by atoms with Crippen molar-refractivity contribution in [3.05, 3.63) is 227 Å². The Morgan fingerprint density at radius 2 is 1.32 bits per heavy atom. The summed E-state index contributed by atoms with van der Waals surface area (Å²) in [7, 11) is 0. The minimum Gasteiger partial charge on any atom is -0.333 e. The quantitative estimate of drug-likeness (QED) is 0.160. The van der Waals surface area contributed by atoms with Gasteiger partial charge in [0.1, 0.15) is 0 Å². The van der Waals surface area contributed by atoms with Gasteiger partial charge in [-0.3, -0.25) is 0 Å². The molecular weight excluding hydrogens is 761 g/mol. The highest BCUT2D eigenvalue weighted by atomic mass is 15.2. The van der Waals surface area contributed by atoms with Crippen LogP contribution in [-0.2, 0) is 11.8 Å². The third kappa shape index (κ3) is 5.28. The van der Waals surface area contributed by atoms with Crippen LogP contribution in [-0.4, -0.2) is 17.3 Å². The molecule has 3 atom stereocenters. The number of rotatable bonds is 5. The van der Waals surface area contributed by atoms with Crippen LogP contribution in [0.4, 0.5) is 28.4 Å². The Kier molecular flexibility index (Phi) is 7.98. The Hall–Kier alpha value is -7.04. The summed E-state index contributed by atoms with van der Waals surface area (Å²) < 4.78 is 2.50. The first-order valence-corrected chi connectivity index (χ1v) is 22.8. The molecule has 63 heavy (non-hydrogen) atoms. The van der Waals surface area contributed by atoms with E-state index in [1.54, 1.807) is 0 Å². The van der Waals surface area contributed by atoms with E-state index in [0.717, 1.165) is 12.8 Å². The van der Waals surface area contributed by atoms with Gasteiger partial charge in [-0.1, -0.05) is 160 Å². The van der Waals surface area contributed by atoms with Crippen LogP contribution >= 0.6 is 0 Å². The number of nitrogens with zero attached hydrogens (tertiary/aromatic N) is 3. The number of allylic oxidation sites excluding steroid dienone is 3. The lowest BCUT2D eigenvalue weighted by atomic mass is 9.31. The van der Waals surface area contributed by atoms with E-state index in [2.05, 4.69) is 229 Å². The van der Waals surface area contributed by atoms with Gasteiger partial charge in [0.25, 0.3) is 0 Å². The predicted molar refractivity (Wildman–Crippen MR) is 266 cm³/mol. The lowest BCUT2D eigenvalue weighted by molar-refractivity contribution is 0.639. The van der Waals surface area contributed by atoms with E-state index >= 15 is 0 Å². The van der Waals surface area contributed by atoms with Crippen molar-refractivity contribution in [2.24, 2.45) is 0 Å². The van der Waals surface area contributed by atoms with E-state index in [-0.39, 0.29) is 24.1 Å². The van der Waals surface area contributed by atoms with E-state index in [0.29, 0.717) is 5.92 Å². The maximum absolute atomic E-state index is 2.60. The smallest absolute Gasteiger partial charge is 0.247 e. The van der Waals surface area contributed by atoms with Crippen molar-refractivity contribution in [3.63, 3.8) is 0 Å². The molecule has 302 valence electrons. The number of benzene rings is 7. The standard InChI is InChI=1S/C59H48BN3/c1-38-44-19-7-12-24-50(44)60-51-37-43(63-54-27-15-10-22-47(54)48-23-11-16-28-55(48)63)33-34-56(51)62(57-36-40(35-49(38)58(57)60)59(2,3)39-17-5-4-6-18-39)42-31-29-41(30-32-42)61-52-25-13-8-20-45(52)46-21-9-14-26-53(46)61/h4-13,15-25,27-38,47,54H,14,26H2,1-3H3. The average Bonchev–Trinajstić information content (AvgIpc) is 3.86.